The van der Waals surface area contributed by atoms with E-state index in [1.165, 1.54) is 30.0 Å². The van der Waals surface area contributed by atoms with Crippen LogP contribution >= 0.6 is 0 Å². The molecular weight excluding hydrogens is 250 g/mol. The Morgan fingerprint density at radius 3 is 2.68 bits per heavy atom. The van der Waals surface area contributed by atoms with E-state index in [0.29, 0.717) is 5.69 Å². The third-order valence-electron chi connectivity index (χ3n) is 2.57. The van der Waals surface area contributed by atoms with E-state index >= 15 is 0 Å². The summed E-state index contributed by atoms with van der Waals surface area (Å²) in [6.45, 7) is 1.78. The van der Waals surface area contributed by atoms with E-state index in [4.69, 9.17) is 0 Å². The van der Waals surface area contributed by atoms with E-state index < -0.39 is 10.9 Å². The zero-order valence-corrected chi connectivity index (χ0v) is 10.4. The molecule has 0 bridgehead atoms. The fraction of sp³-hybridized carbons (Fsp3) is 0.167. The molecule has 2 rings (SSSR count). The van der Waals surface area contributed by atoms with Crippen LogP contribution in [-0.2, 0) is 4.74 Å². The number of methoxy groups -OCH3 is 1. The van der Waals surface area contributed by atoms with E-state index in [2.05, 4.69) is 9.84 Å². The SMILES string of the molecule is COC(=O)c1ccc([N+](=O)[O-])cc1-n1ccc(C)n1. The summed E-state index contributed by atoms with van der Waals surface area (Å²) in [4.78, 5) is 21.9. The summed E-state index contributed by atoms with van der Waals surface area (Å²) in [5.74, 6) is -0.571. The molecule has 1 aromatic heterocycles. The number of carbonyl (C=O) groups excluding carboxylic acids is 1. The molecule has 0 saturated carbocycles. The van der Waals surface area contributed by atoms with Gasteiger partial charge in [-0.25, -0.2) is 9.48 Å². The Bertz CT molecular complexity index is 648. The maximum atomic E-state index is 11.7. The minimum absolute atomic E-state index is 0.115. The Balaban J connectivity index is 2.62. The molecule has 0 atom stereocenters. The predicted octanol–water partition coefficient (Wildman–Crippen LogP) is 1.88. The number of aromatic nitrogens is 2. The molecule has 0 aliphatic rings. The van der Waals surface area contributed by atoms with Gasteiger partial charge in [0.25, 0.3) is 5.69 Å². The molecule has 0 saturated heterocycles. The van der Waals surface area contributed by atoms with Gasteiger partial charge in [-0.05, 0) is 19.1 Å². The highest BCUT2D eigenvalue weighted by molar-refractivity contribution is 5.93. The predicted molar refractivity (Wildman–Crippen MR) is 66.3 cm³/mol. The number of rotatable bonds is 3. The lowest BCUT2D eigenvalue weighted by Gasteiger charge is -2.07. The Labute approximate surface area is 108 Å². The van der Waals surface area contributed by atoms with Crippen molar-refractivity contribution in [3.63, 3.8) is 0 Å². The average Bonchev–Trinajstić information content (AvgIpc) is 2.83. The molecule has 1 aromatic carbocycles. The molecule has 2 aromatic rings. The standard InChI is InChI=1S/C12H11N3O4/c1-8-5-6-14(13-8)11-7-9(15(17)18)3-4-10(11)12(16)19-2/h3-7H,1-2H3. The summed E-state index contributed by atoms with van der Waals surface area (Å²) in [5, 5.41) is 14.9. The molecule has 0 radical (unpaired) electrons. The Kier molecular flexibility index (Phi) is 3.28. The van der Waals surface area contributed by atoms with E-state index in [-0.39, 0.29) is 11.3 Å². The average molecular weight is 261 g/mol. The number of esters is 1. The highest BCUT2D eigenvalue weighted by atomic mass is 16.6. The van der Waals surface area contributed by atoms with Crippen molar-refractivity contribution in [2.45, 2.75) is 6.92 Å². The van der Waals surface area contributed by atoms with Gasteiger partial charge in [0.1, 0.15) is 0 Å². The topological polar surface area (TPSA) is 87.3 Å². The molecule has 0 aliphatic carbocycles. The number of nitro groups is 1. The van der Waals surface area contributed by atoms with Crippen molar-refractivity contribution in [1.29, 1.82) is 0 Å². The quantitative estimate of drug-likeness (QED) is 0.478. The third kappa shape index (κ3) is 2.44. The van der Waals surface area contributed by atoms with E-state index in [1.807, 2.05) is 0 Å². The van der Waals surface area contributed by atoms with Crippen molar-refractivity contribution in [1.82, 2.24) is 9.78 Å². The van der Waals surface area contributed by atoms with Crippen LogP contribution in [-0.4, -0.2) is 27.8 Å². The first-order chi connectivity index (χ1) is 9.02. The van der Waals surface area contributed by atoms with Crippen LogP contribution in [0.2, 0.25) is 0 Å². The number of benzene rings is 1. The van der Waals surface area contributed by atoms with Crippen LogP contribution in [0.5, 0.6) is 0 Å². The van der Waals surface area contributed by atoms with Gasteiger partial charge in [-0.1, -0.05) is 0 Å². The van der Waals surface area contributed by atoms with Gasteiger partial charge < -0.3 is 4.74 Å². The fourth-order valence-corrected chi connectivity index (χ4v) is 1.65. The van der Waals surface area contributed by atoms with Gasteiger partial charge >= 0.3 is 5.97 Å². The normalized spacial score (nSPS) is 10.2. The van der Waals surface area contributed by atoms with Crippen molar-refractivity contribution >= 4 is 11.7 Å². The summed E-state index contributed by atoms with van der Waals surface area (Å²) in [6, 6.07) is 5.64. The smallest absolute Gasteiger partial charge is 0.340 e. The summed E-state index contributed by atoms with van der Waals surface area (Å²) >= 11 is 0. The largest absolute Gasteiger partial charge is 0.465 e. The summed E-state index contributed by atoms with van der Waals surface area (Å²) < 4.78 is 6.07. The third-order valence-corrected chi connectivity index (χ3v) is 2.57. The fourth-order valence-electron chi connectivity index (χ4n) is 1.65. The van der Waals surface area contributed by atoms with Crippen LogP contribution in [0.4, 0.5) is 5.69 Å². The minimum atomic E-state index is -0.571. The van der Waals surface area contributed by atoms with Crippen molar-refractivity contribution in [2.24, 2.45) is 0 Å². The lowest BCUT2D eigenvalue weighted by atomic mass is 10.1. The van der Waals surface area contributed by atoms with Gasteiger partial charge in [0.15, 0.2) is 0 Å². The van der Waals surface area contributed by atoms with Gasteiger partial charge in [0, 0.05) is 18.3 Å². The number of nitro benzene ring substituents is 1. The van der Waals surface area contributed by atoms with Gasteiger partial charge in [-0.2, -0.15) is 5.10 Å². The molecule has 19 heavy (non-hydrogen) atoms. The molecule has 7 nitrogen and oxygen atoms in total. The maximum Gasteiger partial charge on any atom is 0.340 e. The van der Waals surface area contributed by atoms with Crippen molar-refractivity contribution in [2.75, 3.05) is 7.11 Å². The molecule has 98 valence electrons. The first-order valence-corrected chi connectivity index (χ1v) is 5.42. The highest BCUT2D eigenvalue weighted by Gasteiger charge is 2.18. The van der Waals surface area contributed by atoms with Gasteiger partial charge in [0.2, 0.25) is 0 Å². The Morgan fingerprint density at radius 2 is 2.16 bits per heavy atom. The zero-order chi connectivity index (χ0) is 14.0. The van der Waals surface area contributed by atoms with Crippen LogP contribution < -0.4 is 0 Å². The molecule has 1 heterocycles. The van der Waals surface area contributed by atoms with Crippen molar-refractivity contribution in [3.05, 3.63) is 51.8 Å². The highest BCUT2D eigenvalue weighted by Crippen LogP contribution is 2.22. The number of hydrogen-bond acceptors (Lipinski definition) is 5. The van der Waals surface area contributed by atoms with Crippen LogP contribution in [0.15, 0.2) is 30.5 Å². The second-order valence-corrected chi connectivity index (χ2v) is 3.85. The van der Waals surface area contributed by atoms with Gasteiger partial charge in [0.05, 0.1) is 29.0 Å². The summed E-state index contributed by atoms with van der Waals surface area (Å²) in [5.41, 5.74) is 1.16. The monoisotopic (exact) mass is 261 g/mol. The van der Waals surface area contributed by atoms with Crippen molar-refractivity contribution < 1.29 is 14.5 Å². The van der Waals surface area contributed by atoms with E-state index in [1.54, 1.807) is 19.2 Å². The lowest BCUT2D eigenvalue weighted by molar-refractivity contribution is -0.384. The number of carbonyl (C=O) groups is 1. The van der Waals surface area contributed by atoms with Crippen LogP contribution in [0, 0.1) is 17.0 Å². The van der Waals surface area contributed by atoms with E-state index in [0.717, 1.165) is 5.69 Å². The minimum Gasteiger partial charge on any atom is -0.465 e. The molecule has 0 unspecified atom stereocenters. The number of hydrogen-bond donors (Lipinski definition) is 0. The molecule has 0 amide bonds. The number of aryl methyl sites for hydroxylation is 1. The van der Waals surface area contributed by atoms with Gasteiger partial charge in [-0.3, -0.25) is 10.1 Å². The Morgan fingerprint density at radius 1 is 1.42 bits per heavy atom. The number of ether oxygens (including phenoxy) is 1. The van der Waals surface area contributed by atoms with Gasteiger partial charge in [-0.15, -0.1) is 0 Å². The number of non-ortho nitro benzene ring substituents is 1. The lowest BCUT2D eigenvalue weighted by Crippen LogP contribution is -2.09. The second kappa shape index (κ2) is 4.89. The van der Waals surface area contributed by atoms with Crippen molar-refractivity contribution in [3.8, 4) is 5.69 Å². The molecular formula is C12H11N3O4. The molecule has 0 fully saturated rings. The van der Waals surface area contributed by atoms with Crippen LogP contribution in [0.25, 0.3) is 5.69 Å². The number of nitrogens with zero attached hydrogens (tertiary/aromatic N) is 3. The second-order valence-electron chi connectivity index (χ2n) is 3.85. The van der Waals surface area contributed by atoms with Crippen LogP contribution in [0.3, 0.4) is 0 Å². The zero-order valence-electron chi connectivity index (χ0n) is 10.4. The summed E-state index contributed by atoms with van der Waals surface area (Å²) in [6.07, 6.45) is 1.63. The first kappa shape index (κ1) is 12.7. The molecule has 0 N–H and O–H groups in total. The summed E-state index contributed by atoms with van der Waals surface area (Å²) in [7, 11) is 1.25. The van der Waals surface area contributed by atoms with Crippen LogP contribution in [0.1, 0.15) is 16.1 Å². The molecule has 0 spiro atoms. The maximum absolute atomic E-state index is 11.7. The van der Waals surface area contributed by atoms with E-state index in [9.17, 15) is 14.9 Å². The Hall–Kier alpha value is -2.70. The molecule has 0 aliphatic heterocycles. The molecule has 7 heteroatoms. The first-order valence-electron chi connectivity index (χ1n) is 5.42.